The summed E-state index contributed by atoms with van der Waals surface area (Å²) in [6.07, 6.45) is 5.88. The number of carbonyl (C=O) groups is 1. The number of amides is 1. The lowest BCUT2D eigenvalue weighted by molar-refractivity contribution is -0.117. The van der Waals surface area contributed by atoms with Gasteiger partial charge < -0.3 is 15.0 Å². The average molecular weight is 453 g/mol. The van der Waals surface area contributed by atoms with E-state index in [9.17, 15) is 10.1 Å². The largest absolute Gasteiger partial charge is 0.493 e. The molecule has 1 aromatic heterocycles. The van der Waals surface area contributed by atoms with Crippen LogP contribution in [0.15, 0.2) is 71.7 Å². The van der Waals surface area contributed by atoms with Gasteiger partial charge in [0.15, 0.2) is 5.16 Å². The Morgan fingerprint density at radius 1 is 1.29 bits per heavy atom. The Hall–Kier alpha value is -3.21. The van der Waals surface area contributed by atoms with Crippen LogP contribution in [0.25, 0.3) is 6.08 Å². The number of benzene rings is 2. The Balaban J connectivity index is 1.57. The van der Waals surface area contributed by atoms with Crippen LogP contribution in [0.2, 0.25) is 5.02 Å². The molecule has 1 amide bonds. The van der Waals surface area contributed by atoms with Crippen molar-refractivity contribution in [1.29, 1.82) is 5.26 Å². The van der Waals surface area contributed by atoms with Crippen molar-refractivity contribution in [3.8, 4) is 11.8 Å². The van der Waals surface area contributed by atoms with Crippen molar-refractivity contribution < 1.29 is 9.53 Å². The molecule has 0 fully saturated rings. The van der Waals surface area contributed by atoms with Gasteiger partial charge in [0.1, 0.15) is 17.4 Å². The summed E-state index contributed by atoms with van der Waals surface area (Å²) in [6.45, 7) is 0.797. The van der Waals surface area contributed by atoms with Crippen LogP contribution in [0.5, 0.6) is 5.75 Å². The first-order chi connectivity index (χ1) is 15.2. The highest BCUT2D eigenvalue weighted by Crippen LogP contribution is 2.22. The van der Waals surface area contributed by atoms with E-state index in [0.29, 0.717) is 22.9 Å². The maximum absolute atomic E-state index is 12.5. The molecule has 8 heteroatoms. The van der Waals surface area contributed by atoms with E-state index in [2.05, 4.69) is 15.3 Å². The minimum absolute atomic E-state index is 0.00597. The van der Waals surface area contributed by atoms with Gasteiger partial charge in [0, 0.05) is 35.3 Å². The zero-order valence-corrected chi connectivity index (χ0v) is 18.2. The lowest BCUT2D eigenvalue weighted by Gasteiger charge is -2.10. The predicted octanol–water partition coefficient (Wildman–Crippen LogP) is 4.85. The second kappa shape index (κ2) is 11.8. The number of nitrogens with one attached hydrogen (secondary N) is 2. The minimum atomic E-state index is -0.452. The number of aromatic amines is 1. The molecule has 3 aromatic rings. The number of aromatic nitrogens is 2. The number of hydrogen-bond acceptors (Lipinski definition) is 5. The summed E-state index contributed by atoms with van der Waals surface area (Å²) in [4.78, 5) is 19.7. The van der Waals surface area contributed by atoms with E-state index in [0.717, 1.165) is 22.9 Å². The summed E-state index contributed by atoms with van der Waals surface area (Å²) in [5.41, 5.74) is 1.54. The Morgan fingerprint density at radius 3 is 2.94 bits per heavy atom. The van der Waals surface area contributed by atoms with Gasteiger partial charge in [-0.25, -0.2) is 4.98 Å². The molecule has 2 N–H and O–H groups in total. The molecule has 0 saturated heterocycles. The molecule has 31 heavy (non-hydrogen) atoms. The number of halogens is 1. The van der Waals surface area contributed by atoms with Gasteiger partial charge in [-0.2, -0.15) is 5.26 Å². The van der Waals surface area contributed by atoms with Crippen molar-refractivity contribution in [2.75, 3.05) is 12.4 Å². The Labute approximate surface area is 190 Å². The first-order valence-electron chi connectivity index (χ1n) is 9.64. The fraction of sp³-hybridized carbons (Fsp3) is 0.174. The van der Waals surface area contributed by atoms with Crippen LogP contribution in [0.3, 0.4) is 0 Å². The van der Waals surface area contributed by atoms with Crippen LogP contribution in [0.4, 0.5) is 0 Å². The number of carbonyl (C=O) groups excluding carboxylic acids is 1. The van der Waals surface area contributed by atoms with Gasteiger partial charge >= 0.3 is 0 Å². The first kappa shape index (κ1) is 22.5. The van der Waals surface area contributed by atoms with E-state index in [1.54, 1.807) is 42.4 Å². The third kappa shape index (κ3) is 7.21. The van der Waals surface area contributed by atoms with Gasteiger partial charge in [0.05, 0.1) is 6.61 Å². The van der Waals surface area contributed by atoms with Crippen molar-refractivity contribution in [3.05, 3.63) is 82.6 Å². The molecule has 6 nitrogen and oxygen atoms in total. The molecule has 1 heterocycles. The SMILES string of the molecule is N#C/C(=C\c1ccccc1OCCCSc1ncc[nH]1)C(=O)NCc1cccc(Cl)c1. The van der Waals surface area contributed by atoms with Gasteiger partial charge in [0.25, 0.3) is 5.91 Å². The van der Waals surface area contributed by atoms with E-state index >= 15 is 0 Å². The number of imidazole rings is 1. The summed E-state index contributed by atoms with van der Waals surface area (Å²) in [6, 6.07) is 16.5. The average Bonchev–Trinajstić information content (AvgIpc) is 3.30. The number of rotatable bonds is 10. The number of para-hydroxylation sites is 1. The zero-order chi connectivity index (χ0) is 21.9. The summed E-state index contributed by atoms with van der Waals surface area (Å²) in [7, 11) is 0. The molecule has 2 aromatic carbocycles. The number of ether oxygens (including phenoxy) is 1. The summed E-state index contributed by atoms with van der Waals surface area (Å²) in [5.74, 6) is 1.04. The molecule has 0 bridgehead atoms. The highest BCUT2D eigenvalue weighted by Gasteiger charge is 2.11. The topological polar surface area (TPSA) is 90.8 Å². The van der Waals surface area contributed by atoms with Gasteiger partial charge in [-0.05, 0) is 36.3 Å². The lowest BCUT2D eigenvalue weighted by atomic mass is 10.1. The smallest absolute Gasteiger partial charge is 0.262 e. The van der Waals surface area contributed by atoms with Crippen molar-refractivity contribution >= 4 is 35.3 Å². The Morgan fingerprint density at radius 2 is 2.16 bits per heavy atom. The monoisotopic (exact) mass is 452 g/mol. The van der Waals surface area contributed by atoms with Crippen molar-refractivity contribution in [1.82, 2.24) is 15.3 Å². The molecule has 158 valence electrons. The Kier molecular flexibility index (Phi) is 8.59. The third-order valence-corrected chi connectivity index (χ3v) is 5.41. The molecule has 0 spiro atoms. The van der Waals surface area contributed by atoms with E-state index in [1.807, 2.05) is 42.5 Å². The molecule has 0 saturated carbocycles. The maximum atomic E-state index is 12.5. The van der Waals surface area contributed by atoms with E-state index in [-0.39, 0.29) is 12.1 Å². The first-order valence-corrected chi connectivity index (χ1v) is 11.0. The molecule has 0 unspecified atom stereocenters. The van der Waals surface area contributed by atoms with E-state index in [4.69, 9.17) is 16.3 Å². The molecule has 0 aliphatic carbocycles. The highest BCUT2D eigenvalue weighted by atomic mass is 35.5. The van der Waals surface area contributed by atoms with Crippen LogP contribution in [0.1, 0.15) is 17.5 Å². The second-order valence-corrected chi connectivity index (χ2v) is 7.99. The molecular weight excluding hydrogens is 432 g/mol. The number of nitriles is 1. The standard InChI is InChI=1S/C23H21ClN4O2S/c24-20-7-3-5-17(13-20)16-28-22(29)19(15-25)14-18-6-1-2-8-21(18)30-11-4-12-31-23-26-9-10-27-23/h1-3,5-10,13-14H,4,11-12,16H2,(H,26,27)(H,28,29)/b19-14+. The quantitative estimate of drug-likeness (QED) is 0.198. The van der Waals surface area contributed by atoms with E-state index in [1.165, 1.54) is 0 Å². The predicted molar refractivity (Wildman–Crippen MR) is 123 cm³/mol. The van der Waals surface area contributed by atoms with Crippen molar-refractivity contribution in [2.45, 2.75) is 18.1 Å². The maximum Gasteiger partial charge on any atom is 0.262 e. The minimum Gasteiger partial charge on any atom is -0.493 e. The molecule has 0 aliphatic heterocycles. The highest BCUT2D eigenvalue weighted by molar-refractivity contribution is 7.99. The molecular formula is C23H21ClN4O2S. The second-order valence-electron chi connectivity index (χ2n) is 6.47. The van der Waals surface area contributed by atoms with E-state index < -0.39 is 5.91 Å². The fourth-order valence-electron chi connectivity index (χ4n) is 2.70. The fourth-order valence-corrected chi connectivity index (χ4v) is 3.65. The zero-order valence-electron chi connectivity index (χ0n) is 16.7. The van der Waals surface area contributed by atoms with Crippen LogP contribution in [-0.2, 0) is 11.3 Å². The van der Waals surface area contributed by atoms with Crippen LogP contribution in [0, 0.1) is 11.3 Å². The summed E-state index contributed by atoms with van der Waals surface area (Å²) >= 11 is 7.59. The van der Waals surface area contributed by atoms with Gasteiger partial charge in [-0.3, -0.25) is 4.79 Å². The third-order valence-electron chi connectivity index (χ3n) is 4.18. The van der Waals surface area contributed by atoms with Gasteiger partial charge in [0.2, 0.25) is 0 Å². The van der Waals surface area contributed by atoms with Gasteiger partial charge in [-0.15, -0.1) is 0 Å². The molecule has 0 radical (unpaired) electrons. The number of nitrogens with zero attached hydrogens (tertiary/aromatic N) is 2. The number of thioether (sulfide) groups is 1. The molecule has 0 aliphatic rings. The van der Waals surface area contributed by atoms with Crippen molar-refractivity contribution in [2.24, 2.45) is 0 Å². The van der Waals surface area contributed by atoms with Crippen LogP contribution in [-0.4, -0.2) is 28.2 Å². The number of hydrogen-bond donors (Lipinski definition) is 2. The van der Waals surface area contributed by atoms with Crippen molar-refractivity contribution in [3.63, 3.8) is 0 Å². The molecule has 3 rings (SSSR count). The summed E-state index contributed by atoms with van der Waals surface area (Å²) in [5, 5.41) is 13.7. The summed E-state index contributed by atoms with van der Waals surface area (Å²) < 4.78 is 5.88. The van der Waals surface area contributed by atoms with Crippen LogP contribution >= 0.6 is 23.4 Å². The number of H-pyrrole nitrogens is 1. The van der Waals surface area contributed by atoms with Gasteiger partial charge in [-0.1, -0.05) is 53.7 Å². The Bertz CT molecular complexity index is 1080. The molecule has 0 atom stereocenters. The normalized spacial score (nSPS) is 11.0. The lowest BCUT2D eigenvalue weighted by Crippen LogP contribution is -2.23. The van der Waals surface area contributed by atoms with Crippen LogP contribution < -0.4 is 10.1 Å².